The quantitative estimate of drug-likeness (QED) is 0.184. The third-order valence-corrected chi connectivity index (χ3v) is 10.2. The summed E-state index contributed by atoms with van der Waals surface area (Å²) in [5.74, 6) is 2.52. The van der Waals surface area contributed by atoms with Crippen LogP contribution in [0.15, 0.2) is 162 Å². The van der Waals surface area contributed by atoms with Crippen LogP contribution in [0.25, 0.3) is 98.8 Å². The van der Waals surface area contributed by atoms with Crippen molar-refractivity contribution in [2.75, 3.05) is 0 Å². The highest BCUT2D eigenvalue weighted by molar-refractivity contribution is 7.26. The highest BCUT2D eigenvalue weighted by Crippen LogP contribution is 2.45. The lowest BCUT2D eigenvalue weighted by molar-refractivity contribution is 0.621. The fourth-order valence-corrected chi connectivity index (χ4v) is 7.88. The summed E-state index contributed by atoms with van der Waals surface area (Å²) in [6.45, 7) is 0. The van der Waals surface area contributed by atoms with Gasteiger partial charge in [0.2, 0.25) is 5.89 Å². The first-order chi connectivity index (χ1) is 24.7. The van der Waals surface area contributed by atoms with Gasteiger partial charge < -0.3 is 4.42 Å². The second-order valence-corrected chi connectivity index (χ2v) is 13.4. The minimum Gasteiger partial charge on any atom is -0.435 e. The van der Waals surface area contributed by atoms with E-state index < -0.39 is 0 Å². The van der Waals surface area contributed by atoms with Gasteiger partial charge in [0.15, 0.2) is 23.1 Å². The molecule has 6 heteroatoms. The number of fused-ring (bicyclic) bond motifs is 5. The van der Waals surface area contributed by atoms with E-state index in [2.05, 4.69) is 66.7 Å². The van der Waals surface area contributed by atoms with Gasteiger partial charge >= 0.3 is 0 Å². The van der Waals surface area contributed by atoms with Crippen molar-refractivity contribution in [1.82, 2.24) is 19.9 Å². The van der Waals surface area contributed by atoms with Gasteiger partial charge in [0.25, 0.3) is 0 Å². The van der Waals surface area contributed by atoms with Crippen LogP contribution in [0.4, 0.5) is 0 Å². The van der Waals surface area contributed by atoms with E-state index in [0.29, 0.717) is 23.4 Å². The minimum atomic E-state index is 0.616. The first-order valence-corrected chi connectivity index (χ1v) is 17.3. The Morgan fingerprint density at radius 3 is 1.66 bits per heavy atom. The number of hydrogen-bond acceptors (Lipinski definition) is 6. The Morgan fingerprint density at radius 2 is 0.980 bits per heavy atom. The van der Waals surface area contributed by atoms with Crippen LogP contribution in [0.5, 0.6) is 0 Å². The largest absolute Gasteiger partial charge is 0.435 e. The van der Waals surface area contributed by atoms with E-state index in [1.807, 2.05) is 91.0 Å². The molecule has 0 saturated carbocycles. The van der Waals surface area contributed by atoms with E-state index >= 15 is 0 Å². The van der Waals surface area contributed by atoms with Gasteiger partial charge in [-0.3, -0.25) is 0 Å². The summed E-state index contributed by atoms with van der Waals surface area (Å²) < 4.78 is 9.07. The number of rotatable bonds is 5. The Bertz CT molecular complexity index is 2810. The molecule has 7 aromatic carbocycles. The van der Waals surface area contributed by atoms with Crippen LogP contribution in [0.3, 0.4) is 0 Å². The molecule has 0 aliphatic carbocycles. The summed E-state index contributed by atoms with van der Waals surface area (Å²) in [4.78, 5) is 19.8. The highest BCUT2D eigenvalue weighted by Gasteiger charge is 2.21. The molecule has 0 amide bonds. The third-order valence-electron chi connectivity index (χ3n) is 9.13. The SMILES string of the molecule is c1ccc(-c2nc(-c3ccccc3)nc(-c3ccc4ccc(-c5c6oc(-c7ccccc7)nc6cc6sc7ccccc7c56)cc4c3)n2)cc1. The van der Waals surface area contributed by atoms with Crippen molar-refractivity contribution >= 4 is 53.4 Å². The predicted molar refractivity (Wildman–Crippen MR) is 205 cm³/mol. The van der Waals surface area contributed by atoms with Crippen molar-refractivity contribution in [3.63, 3.8) is 0 Å². The van der Waals surface area contributed by atoms with Crippen molar-refractivity contribution in [3.8, 4) is 56.7 Å². The standard InChI is InChI=1S/C44H26N4OS/c1-4-12-28(13-5-1)41-46-42(29-14-6-2-7-15-29)48-43(47-41)32-23-21-27-20-22-31(24-33(27)25-32)38-39-34-18-10-11-19-36(34)50-37(39)26-35-40(38)49-44(45-35)30-16-8-3-9-17-30/h1-26H. The molecule has 0 saturated heterocycles. The molecule has 0 spiro atoms. The number of benzene rings is 7. The molecule has 0 bridgehead atoms. The molecule has 50 heavy (non-hydrogen) atoms. The first kappa shape index (κ1) is 28.5. The summed E-state index contributed by atoms with van der Waals surface area (Å²) in [6.07, 6.45) is 0. The van der Waals surface area contributed by atoms with Crippen molar-refractivity contribution in [1.29, 1.82) is 0 Å². The monoisotopic (exact) mass is 658 g/mol. The first-order valence-electron chi connectivity index (χ1n) is 16.5. The van der Waals surface area contributed by atoms with Crippen LogP contribution in [-0.4, -0.2) is 19.9 Å². The van der Waals surface area contributed by atoms with Gasteiger partial charge in [-0.1, -0.05) is 121 Å². The van der Waals surface area contributed by atoms with Gasteiger partial charge in [0.1, 0.15) is 5.52 Å². The molecule has 3 heterocycles. The zero-order chi connectivity index (χ0) is 33.0. The summed E-state index contributed by atoms with van der Waals surface area (Å²) in [5, 5.41) is 4.60. The van der Waals surface area contributed by atoms with Crippen molar-refractivity contribution in [2.24, 2.45) is 0 Å². The predicted octanol–water partition coefficient (Wildman–Crippen LogP) is 11.9. The zero-order valence-corrected chi connectivity index (χ0v) is 27.4. The number of thiophene rings is 1. The average Bonchev–Trinajstić information content (AvgIpc) is 3.79. The van der Waals surface area contributed by atoms with Crippen molar-refractivity contribution in [2.45, 2.75) is 0 Å². The van der Waals surface area contributed by atoms with Gasteiger partial charge in [-0.25, -0.2) is 19.9 Å². The Kier molecular flexibility index (Phi) is 6.60. The molecule has 0 unspecified atom stereocenters. The molecule has 10 aromatic rings. The molecule has 10 rings (SSSR count). The molecule has 5 nitrogen and oxygen atoms in total. The summed E-state index contributed by atoms with van der Waals surface area (Å²) >= 11 is 1.79. The summed E-state index contributed by atoms with van der Waals surface area (Å²) in [5.41, 5.74) is 7.50. The van der Waals surface area contributed by atoms with E-state index in [-0.39, 0.29) is 0 Å². The van der Waals surface area contributed by atoms with E-state index in [0.717, 1.165) is 55.3 Å². The zero-order valence-electron chi connectivity index (χ0n) is 26.6. The fourth-order valence-electron chi connectivity index (χ4n) is 6.73. The Morgan fingerprint density at radius 1 is 0.420 bits per heavy atom. The lowest BCUT2D eigenvalue weighted by Crippen LogP contribution is -2.00. The number of nitrogens with zero attached hydrogens (tertiary/aromatic N) is 4. The van der Waals surface area contributed by atoms with Crippen molar-refractivity contribution in [3.05, 3.63) is 158 Å². The van der Waals surface area contributed by atoms with Crippen LogP contribution in [0.2, 0.25) is 0 Å². The van der Waals surface area contributed by atoms with Crippen molar-refractivity contribution < 1.29 is 4.42 Å². The van der Waals surface area contributed by atoms with Crippen LogP contribution < -0.4 is 0 Å². The fraction of sp³-hybridized carbons (Fsp3) is 0. The maximum absolute atomic E-state index is 6.65. The molecule has 234 valence electrons. The molecular weight excluding hydrogens is 633 g/mol. The molecule has 0 atom stereocenters. The van der Waals surface area contributed by atoms with Gasteiger partial charge in [-0.15, -0.1) is 11.3 Å². The van der Waals surface area contributed by atoms with Gasteiger partial charge in [0, 0.05) is 48.0 Å². The smallest absolute Gasteiger partial charge is 0.227 e. The lowest BCUT2D eigenvalue weighted by atomic mass is 9.95. The van der Waals surface area contributed by atoms with Crippen LogP contribution in [-0.2, 0) is 0 Å². The molecule has 0 radical (unpaired) electrons. The second-order valence-electron chi connectivity index (χ2n) is 12.3. The average molecular weight is 659 g/mol. The number of oxazole rings is 1. The van der Waals surface area contributed by atoms with E-state index in [4.69, 9.17) is 24.4 Å². The maximum Gasteiger partial charge on any atom is 0.227 e. The van der Waals surface area contributed by atoms with E-state index in [1.165, 1.54) is 20.2 Å². The number of hydrogen-bond donors (Lipinski definition) is 0. The van der Waals surface area contributed by atoms with Crippen LogP contribution >= 0.6 is 11.3 Å². The molecule has 0 aliphatic rings. The Hall–Kier alpha value is -6.50. The minimum absolute atomic E-state index is 0.616. The molecule has 0 N–H and O–H groups in total. The van der Waals surface area contributed by atoms with E-state index in [1.54, 1.807) is 11.3 Å². The number of aromatic nitrogens is 4. The third kappa shape index (κ3) is 4.85. The summed E-state index contributed by atoms with van der Waals surface area (Å²) in [7, 11) is 0. The molecular formula is C44H26N4OS. The molecule has 0 fully saturated rings. The lowest BCUT2D eigenvalue weighted by Gasteiger charge is -2.10. The van der Waals surface area contributed by atoms with Crippen LogP contribution in [0.1, 0.15) is 0 Å². The van der Waals surface area contributed by atoms with Gasteiger partial charge in [-0.2, -0.15) is 0 Å². The topological polar surface area (TPSA) is 64.7 Å². The van der Waals surface area contributed by atoms with Gasteiger partial charge in [0.05, 0.1) is 0 Å². The molecule has 3 aromatic heterocycles. The van der Waals surface area contributed by atoms with E-state index in [9.17, 15) is 0 Å². The maximum atomic E-state index is 6.65. The second kappa shape index (κ2) is 11.6. The highest BCUT2D eigenvalue weighted by atomic mass is 32.1. The van der Waals surface area contributed by atoms with Gasteiger partial charge in [-0.05, 0) is 52.7 Å². The Labute approximate surface area is 291 Å². The summed E-state index contributed by atoms with van der Waals surface area (Å²) in [6, 6.07) is 54.0. The van der Waals surface area contributed by atoms with Crippen LogP contribution in [0, 0.1) is 0 Å². The Balaban J connectivity index is 1.18. The molecule has 0 aliphatic heterocycles. The normalized spacial score (nSPS) is 11.6.